The number of likely N-dealkylation sites (N-methyl/N-ethyl adjacent to an activating group) is 1. The quantitative estimate of drug-likeness (QED) is 0.0128. The second-order valence-electron chi connectivity index (χ2n) is 23.5. The zero-order valence-electron chi connectivity index (χ0n) is 53.5. The fraction of sp³-hybridized carbons (Fsp3) is 0.463. The fourth-order valence-electron chi connectivity index (χ4n) is 10.7. The van der Waals surface area contributed by atoms with Crippen LogP contribution >= 0.6 is 15.9 Å². The third-order valence-electron chi connectivity index (χ3n) is 16.4. The van der Waals surface area contributed by atoms with E-state index < -0.39 is 35.9 Å². The summed E-state index contributed by atoms with van der Waals surface area (Å²) >= 11 is 3.69. The Labute approximate surface area is 549 Å². The topological polar surface area (TPSA) is 323 Å². The second kappa shape index (κ2) is 35.9. The van der Waals surface area contributed by atoms with Crippen LogP contribution in [0, 0.1) is 17.8 Å². The van der Waals surface area contributed by atoms with Crippen molar-refractivity contribution in [2.24, 2.45) is 23.5 Å². The molecule has 3 aliphatic heterocycles. The fourth-order valence-corrected chi connectivity index (χ4v) is 11.2. The molecule has 3 aliphatic rings. The number of fused-ring (bicyclic) bond motifs is 4. The third-order valence-corrected chi connectivity index (χ3v) is 17.1. The van der Waals surface area contributed by atoms with E-state index in [0.29, 0.717) is 111 Å². The number of primary amides is 1. The highest BCUT2D eigenvalue weighted by molar-refractivity contribution is 9.09. The molecule has 0 unspecified atom stereocenters. The van der Waals surface area contributed by atoms with Crippen LogP contribution in [0.5, 0.6) is 11.5 Å². The summed E-state index contributed by atoms with van der Waals surface area (Å²) in [5.41, 5.74) is 9.26. The number of H-pyrrole nitrogens is 1. The van der Waals surface area contributed by atoms with E-state index in [1.807, 2.05) is 77.3 Å². The number of alkyl carbamates (subject to hydrolysis) is 1. The molecule has 0 bridgehead atoms. The molecule has 8 N–H and O–H groups in total. The summed E-state index contributed by atoms with van der Waals surface area (Å²) in [5, 5.41) is 16.9. The summed E-state index contributed by atoms with van der Waals surface area (Å²) in [4.78, 5) is 133. The van der Waals surface area contributed by atoms with E-state index in [2.05, 4.69) is 52.4 Å². The van der Waals surface area contributed by atoms with Gasteiger partial charge in [-0.2, -0.15) is 0 Å². The minimum absolute atomic E-state index is 0.00882. The number of ketones is 2. The molecule has 3 atom stereocenters. The second-order valence-corrected chi connectivity index (χ2v) is 24.1. The lowest BCUT2D eigenvalue weighted by Gasteiger charge is -2.31. The molecular formula is C67H86BrN11O14. The normalized spacial score (nSPS) is 15.1. The van der Waals surface area contributed by atoms with Crippen molar-refractivity contribution in [1.29, 1.82) is 0 Å². The number of Topliss-reactive ketones (excluding diaryl/α,β-unsaturated/α-hetero) is 2. The molecule has 5 aromatic rings. The van der Waals surface area contributed by atoms with Crippen LogP contribution in [0.25, 0.3) is 21.7 Å². The van der Waals surface area contributed by atoms with Gasteiger partial charge in [0.2, 0.25) is 11.8 Å². The molecule has 9 amide bonds. The van der Waals surface area contributed by atoms with E-state index in [-0.39, 0.29) is 86.2 Å². The lowest BCUT2D eigenvalue weighted by atomic mass is 9.86. The van der Waals surface area contributed by atoms with Crippen molar-refractivity contribution in [3.05, 3.63) is 108 Å². The minimum Gasteiger partial charge on any atom is -0.492 e. The van der Waals surface area contributed by atoms with Crippen molar-refractivity contribution in [1.82, 2.24) is 41.0 Å². The Kier molecular flexibility index (Phi) is 27.7. The predicted molar refractivity (Wildman–Crippen MR) is 355 cm³/mol. The van der Waals surface area contributed by atoms with E-state index in [4.69, 9.17) is 24.7 Å². The first kappa shape index (κ1) is 71.7. The summed E-state index contributed by atoms with van der Waals surface area (Å²) in [5.74, 6) is -1.03. The Morgan fingerprint density at radius 1 is 0.774 bits per heavy atom. The molecule has 0 radical (unpaired) electrons. The van der Waals surface area contributed by atoms with Crippen LogP contribution < -0.4 is 46.7 Å². The van der Waals surface area contributed by atoms with E-state index >= 15 is 0 Å². The maximum Gasteiger partial charge on any atom is 0.415 e. The zero-order chi connectivity index (χ0) is 67.0. The number of imide groups is 1. The van der Waals surface area contributed by atoms with Gasteiger partial charge in [-0.15, -0.1) is 0 Å². The Morgan fingerprint density at radius 3 is 2.19 bits per heavy atom. The lowest BCUT2D eigenvalue weighted by molar-refractivity contribution is -0.137. The number of rotatable bonds is 32. The molecule has 0 aliphatic carbocycles. The van der Waals surface area contributed by atoms with E-state index in [9.17, 15) is 47.9 Å². The number of aromatic amines is 1. The number of piperazine rings is 1. The summed E-state index contributed by atoms with van der Waals surface area (Å²) in [6, 6.07) is 23.1. The maximum atomic E-state index is 14.3. The lowest BCUT2D eigenvalue weighted by Crippen LogP contribution is -2.48. The van der Waals surface area contributed by atoms with Gasteiger partial charge in [-0.25, -0.2) is 14.4 Å². The first-order valence-corrected chi connectivity index (χ1v) is 32.6. The van der Waals surface area contributed by atoms with E-state index in [0.717, 1.165) is 58.2 Å². The summed E-state index contributed by atoms with van der Waals surface area (Å²) in [6.07, 6.45) is 4.11. The summed E-state index contributed by atoms with van der Waals surface area (Å²) < 4.78 is 22.7. The highest BCUT2D eigenvalue weighted by Gasteiger charge is 2.36. The molecule has 500 valence electrons. The van der Waals surface area contributed by atoms with Crippen molar-refractivity contribution in [3.63, 3.8) is 0 Å². The molecule has 0 saturated carbocycles. The van der Waals surface area contributed by atoms with Crippen LogP contribution in [0.15, 0.2) is 91.0 Å². The van der Waals surface area contributed by atoms with Crippen molar-refractivity contribution in [3.8, 4) is 11.5 Å². The average molecular weight is 1350 g/mol. The van der Waals surface area contributed by atoms with Crippen LogP contribution in [-0.2, 0) is 44.8 Å². The highest BCUT2D eigenvalue weighted by atomic mass is 79.9. The first-order valence-electron chi connectivity index (χ1n) is 31.5. The molecule has 26 heteroatoms. The highest BCUT2D eigenvalue weighted by Crippen LogP contribution is 2.46. The maximum absolute atomic E-state index is 14.3. The molecule has 4 heterocycles. The predicted octanol–water partition coefficient (Wildman–Crippen LogP) is 7.16. The number of benzene rings is 4. The first-order chi connectivity index (χ1) is 44.7. The number of hydrogen-bond acceptors (Lipinski definition) is 16. The van der Waals surface area contributed by atoms with Gasteiger partial charge in [-0.05, 0) is 98.7 Å². The molecule has 25 nitrogen and oxygen atoms in total. The molecule has 1 aromatic heterocycles. The van der Waals surface area contributed by atoms with E-state index in [1.165, 1.54) is 12.2 Å². The van der Waals surface area contributed by atoms with Gasteiger partial charge < -0.3 is 70.9 Å². The number of urea groups is 1. The SMILES string of the molecule is CC(C)[C@H](C)C(=O)C[C@@H](CCCNC(N)=O)C(=O)Nc1ccc(COC(=O)NCCOc2ccc3[nH]c(C(=O)N4C[C@@H](CBr)c5c4cc(OC(=O)N4CCN(C)CC4)c4ccccc54)cc3c2)cc1.CNCCCC(=O)CCOCCNC(=O)CCN1C(=O)C=CC1=O. The molecule has 4 aromatic carbocycles. The molecule has 93 heavy (non-hydrogen) atoms. The van der Waals surface area contributed by atoms with Crippen molar-refractivity contribution < 1.29 is 66.9 Å². The van der Waals surface area contributed by atoms with Crippen LogP contribution in [-0.4, -0.2) is 184 Å². The van der Waals surface area contributed by atoms with Crippen LogP contribution in [0.4, 0.5) is 25.8 Å². The number of halogens is 1. The Balaban J connectivity index is 0.000000430. The number of ether oxygens (including phenoxy) is 4. The number of carbonyl (C=O) groups is 10. The zero-order valence-corrected chi connectivity index (χ0v) is 55.1. The third kappa shape index (κ3) is 21.4. The largest absolute Gasteiger partial charge is 0.492 e. The van der Waals surface area contributed by atoms with Gasteiger partial charge in [0.1, 0.15) is 42.0 Å². The number of carbonyl (C=O) groups excluding carboxylic acids is 10. The molecule has 0 spiro atoms. The Hall–Kier alpha value is -8.72. The molecule has 1 saturated heterocycles. The van der Waals surface area contributed by atoms with Crippen LogP contribution in [0.3, 0.4) is 0 Å². The smallest absolute Gasteiger partial charge is 0.415 e. The Bertz CT molecular complexity index is 3460. The summed E-state index contributed by atoms with van der Waals surface area (Å²) in [6.45, 7) is 11.4. The van der Waals surface area contributed by atoms with Gasteiger partial charge in [0.25, 0.3) is 17.7 Å². The van der Waals surface area contributed by atoms with Crippen molar-refractivity contribution >= 4 is 108 Å². The molecule has 8 rings (SSSR count). The Morgan fingerprint density at radius 2 is 1.49 bits per heavy atom. The van der Waals surface area contributed by atoms with Gasteiger partial charge in [0.15, 0.2) is 0 Å². The number of anilines is 2. The van der Waals surface area contributed by atoms with Gasteiger partial charge in [-0.1, -0.05) is 73.1 Å². The number of aromatic nitrogens is 1. The number of alkyl halides is 1. The number of nitrogens with two attached hydrogens (primary N) is 1. The number of nitrogens with zero attached hydrogens (tertiary/aromatic N) is 4. The van der Waals surface area contributed by atoms with Crippen molar-refractivity contribution in [2.45, 2.75) is 78.2 Å². The van der Waals surface area contributed by atoms with Gasteiger partial charge >= 0.3 is 18.2 Å². The van der Waals surface area contributed by atoms with E-state index in [1.54, 1.807) is 46.2 Å². The number of nitrogens with one attached hydrogen (secondary N) is 6. The average Bonchev–Trinajstić information content (AvgIpc) is 1.62. The number of amides is 9. The monoisotopic (exact) mass is 1350 g/mol. The van der Waals surface area contributed by atoms with Crippen molar-refractivity contribution in [2.75, 3.05) is 115 Å². The standard InChI is InChI=1S/C51H61BrN8O9.C16H25N3O5/c1-31(2)32(3)44(61)26-34(8-7-17-54-49(53)64)47(62)56-37-13-11-33(12-14-37)30-68-50(65)55-18-23-67-38-15-16-41-35(24-38)25-42(57-41)48(63)60-29-36(28-52)46-40-10-6-5-9-39(40)45(27-43(46)60)69-51(66)59-21-19-58(4)20-22-59;1-17-8-2-3-13(20)7-11-24-12-9-18-14(21)6-10-19-15(22)4-5-16(19)23/h5-6,9-16,24-25,27,31-32,34,36,57H,7-8,17-23,26,28-30H2,1-4H3,(H,55,65)(H,56,62)(H3,53,54,64);4-5,17H,2-3,6-12H2,1H3,(H,18,21)/t32-,34+,36+;/m0./s1. The molecule has 1 fully saturated rings. The van der Waals surface area contributed by atoms with Gasteiger partial charge in [0.05, 0.1) is 25.4 Å². The van der Waals surface area contributed by atoms with Gasteiger partial charge in [-0.3, -0.25) is 38.5 Å². The number of hydrogen-bond donors (Lipinski definition) is 7. The van der Waals surface area contributed by atoms with Crippen LogP contribution in [0.2, 0.25) is 0 Å². The van der Waals surface area contributed by atoms with Crippen LogP contribution in [0.1, 0.15) is 93.3 Å². The van der Waals surface area contributed by atoms with Gasteiger partial charge in [0, 0.05) is 141 Å². The summed E-state index contributed by atoms with van der Waals surface area (Å²) in [7, 11) is 3.88. The minimum atomic E-state index is -0.645. The molecular weight excluding hydrogens is 1260 g/mol.